The number of ether oxygens (including phenoxy) is 2. The van der Waals surface area contributed by atoms with Crippen LogP contribution in [-0.4, -0.2) is 47.8 Å². The number of aliphatic hydroxyl groups excluding tert-OH is 1. The molecule has 0 aromatic heterocycles. The minimum Gasteiger partial charge on any atom is -0.496 e. The number of nitrogens with one attached hydrogen (secondary N) is 2. The van der Waals surface area contributed by atoms with Crippen molar-refractivity contribution in [3.05, 3.63) is 95.1 Å². The first-order chi connectivity index (χ1) is 17.4. The number of rotatable bonds is 10. The molecule has 1 unspecified atom stereocenters. The molecule has 0 aliphatic carbocycles. The highest BCUT2D eigenvalue weighted by Crippen LogP contribution is 2.22. The van der Waals surface area contributed by atoms with E-state index in [9.17, 15) is 19.5 Å². The van der Waals surface area contributed by atoms with Crippen LogP contribution >= 0.6 is 0 Å². The molecule has 0 radical (unpaired) electrons. The minimum absolute atomic E-state index is 0.0469. The Bertz CT molecular complexity index is 1230. The molecule has 4 rings (SSSR count). The topological polar surface area (TPSA) is 117 Å². The van der Waals surface area contributed by atoms with Crippen molar-refractivity contribution in [3.63, 3.8) is 0 Å². The Hall–Kier alpha value is -4.37. The van der Waals surface area contributed by atoms with Crippen molar-refractivity contribution in [1.29, 1.82) is 0 Å². The fourth-order valence-corrected chi connectivity index (χ4v) is 3.79. The normalized spacial score (nSPS) is 14.9. The average molecular weight is 490 g/mol. The zero-order valence-electron chi connectivity index (χ0n) is 19.8. The van der Waals surface area contributed by atoms with Gasteiger partial charge in [0, 0.05) is 13.0 Å². The predicted octanol–water partition coefficient (Wildman–Crippen LogP) is 2.62. The Balaban J connectivity index is 1.33. The van der Waals surface area contributed by atoms with Gasteiger partial charge in [0.2, 0.25) is 6.23 Å². The molecular weight excluding hydrogens is 462 g/mol. The van der Waals surface area contributed by atoms with Gasteiger partial charge in [-0.25, -0.2) is 4.79 Å². The fourth-order valence-electron chi connectivity index (χ4n) is 3.79. The number of imide groups is 1. The smallest absolute Gasteiger partial charge is 0.326 e. The second-order valence-electron chi connectivity index (χ2n) is 8.24. The number of amides is 4. The van der Waals surface area contributed by atoms with Gasteiger partial charge >= 0.3 is 6.03 Å². The largest absolute Gasteiger partial charge is 0.496 e. The van der Waals surface area contributed by atoms with Gasteiger partial charge in [0.05, 0.1) is 25.8 Å². The van der Waals surface area contributed by atoms with Crippen LogP contribution in [-0.2, 0) is 24.3 Å². The van der Waals surface area contributed by atoms with Crippen molar-refractivity contribution in [3.8, 4) is 11.5 Å². The summed E-state index contributed by atoms with van der Waals surface area (Å²) >= 11 is 0. The molecule has 3 N–H and O–H groups in total. The SMILES string of the molecule is COc1ccc(CN2C(=O)NC(=O)C2O)cc1C(=O)NCc1ccc(OCCc2ccccc2)cc1. The molecule has 1 aliphatic rings. The van der Waals surface area contributed by atoms with E-state index < -0.39 is 18.2 Å². The maximum absolute atomic E-state index is 12.9. The average Bonchev–Trinajstić information content (AvgIpc) is 3.14. The third kappa shape index (κ3) is 6.00. The summed E-state index contributed by atoms with van der Waals surface area (Å²) in [6, 6.07) is 21.8. The van der Waals surface area contributed by atoms with Crippen molar-refractivity contribution in [2.24, 2.45) is 0 Å². The van der Waals surface area contributed by atoms with Gasteiger partial charge in [-0.2, -0.15) is 0 Å². The molecule has 0 spiro atoms. The van der Waals surface area contributed by atoms with E-state index in [4.69, 9.17) is 9.47 Å². The molecule has 1 atom stereocenters. The third-order valence-corrected chi connectivity index (χ3v) is 5.76. The molecule has 9 heteroatoms. The number of methoxy groups -OCH3 is 1. The summed E-state index contributed by atoms with van der Waals surface area (Å²) in [4.78, 5) is 37.2. The summed E-state index contributed by atoms with van der Waals surface area (Å²) < 4.78 is 11.1. The molecule has 1 heterocycles. The first-order valence-electron chi connectivity index (χ1n) is 11.4. The number of benzene rings is 3. The van der Waals surface area contributed by atoms with Gasteiger partial charge in [-0.05, 0) is 41.0 Å². The number of aliphatic hydroxyl groups is 1. The molecule has 1 saturated heterocycles. The van der Waals surface area contributed by atoms with Crippen LogP contribution < -0.4 is 20.1 Å². The molecule has 1 fully saturated rings. The van der Waals surface area contributed by atoms with Crippen LogP contribution in [0.3, 0.4) is 0 Å². The fraction of sp³-hybridized carbons (Fsp3) is 0.222. The summed E-state index contributed by atoms with van der Waals surface area (Å²) in [7, 11) is 1.46. The lowest BCUT2D eigenvalue weighted by Crippen LogP contribution is -2.34. The lowest BCUT2D eigenvalue weighted by Gasteiger charge is -2.18. The highest BCUT2D eigenvalue weighted by Gasteiger charge is 2.36. The van der Waals surface area contributed by atoms with Gasteiger partial charge in [-0.15, -0.1) is 0 Å². The van der Waals surface area contributed by atoms with Crippen molar-refractivity contribution in [2.45, 2.75) is 25.7 Å². The molecule has 9 nitrogen and oxygen atoms in total. The van der Waals surface area contributed by atoms with Crippen LogP contribution in [0.1, 0.15) is 27.0 Å². The van der Waals surface area contributed by atoms with Crippen LogP contribution in [0, 0.1) is 0 Å². The standard InChI is InChI=1S/C27H27N3O6/c1-35-23-12-9-20(17-30-26(33)25(32)29-27(30)34)15-22(23)24(31)28-16-19-7-10-21(11-8-19)36-14-13-18-5-3-2-4-6-18/h2-12,15,26,33H,13-14,16-17H2,1H3,(H,28,31)(H,29,32,34). The van der Waals surface area contributed by atoms with Crippen LogP contribution in [0.25, 0.3) is 0 Å². The van der Waals surface area contributed by atoms with Crippen molar-refractivity contribution < 1.29 is 29.0 Å². The predicted molar refractivity (Wildman–Crippen MR) is 131 cm³/mol. The van der Waals surface area contributed by atoms with Crippen molar-refractivity contribution in [2.75, 3.05) is 13.7 Å². The Kier molecular flexibility index (Phi) is 7.82. The van der Waals surface area contributed by atoms with E-state index >= 15 is 0 Å². The summed E-state index contributed by atoms with van der Waals surface area (Å²) in [6.07, 6.45) is -0.751. The number of carbonyl (C=O) groups excluding carboxylic acids is 3. The minimum atomic E-state index is -1.57. The molecule has 3 aromatic rings. The molecular formula is C27H27N3O6. The highest BCUT2D eigenvalue weighted by atomic mass is 16.5. The van der Waals surface area contributed by atoms with Crippen LogP contribution in [0.2, 0.25) is 0 Å². The number of urea groups is 1. The zero-order valence-corrected chi connectivity index (χ0v) is 19.8. The molecule has 186 valence electrons. The van der Waals surface area contributed by atoms with E-state index in [2.05, 4.69) is 17.4 Å². The van der Waals surface area contributed by atoms with Gasteiger partial charge in [-0.1, -0.05) is 48.5 Å². The van der Waals surface area contributed by atoms with Gasteiger partial charge in [-0.3, -0.25) is 19.8 Å². The quantitative estimate of drug-likeness (QED) is 0.377. The number of hydrogen-bond donors (Lipinski definition) is 3. The van der Waals surface area contributed by atoms with Crippen LogP contribution in [0.4, 0.5) is 4.79 Å². The summed E-state index contributed by atoms with van der Waals surface area (Å²) in [5.41, 5.74) is 2.94. The second-order valence-corrected chi connectivity index (χ2v) is 8.24. The van der Waals surface area contributed by atoms with Crippen LogP contribution in [0.5, 0.6) is 11.5 Å². The van der Waals surface area contributed by atoms with E-state index in [1.807, 2.05) is 47.8 Å². The molecule has 0 saturated carbocycles. The Labute approximate surface area is 208 Å². The first kappa shape index (κ1) is 24.7. The van der Waals surface area contributed by atoms with Crippen LogP contribution in [0.15, 0.2) is 72.8 Å². The molecule has 0 bridgehead atoms. The van der Waals surface area contributed by atoms with Gasteiger partial charge in [0.15, 0.2) is 0 Å². The van der Waals surface area contributed by atoms with E-state index in [-0.39, 0.29) is 24.6 Å². The third-order valence-electron chi connectivity index (χ3n) is 5.76. The summed E-state index contributed by atoms with van der Waals surface area (Å²) in [5, 5.41) is 14.8. The van der Waals surface area contributed by atoms with E-state index in [0.29, 0.717) is 17.9 Å². The summed E-state index contributed by atoms with van der Waals surface area (Å²) in [5.74, 6) is -0.0265. The Morgan fingerprint density at radius 2 is 1.72 bits per heavy atom. The number of hydrogen-bond acceptors (Lipinski definition) is 6. The highest BCUT2D eigenvalue weighted by molar-refractivity contribution is 6.03. The van der Waals surface area contributed by atoms with Gasteiger partial charge < -0.3 is 19.9 Å². The van der Waals surface area contributed by atoms with Gasteiger partial charge in [0.25, 0.3) is 11.8 Å². The number of carbonyl (C=O) groups is 3. The second kappa shape index (κ2) is 11.4. The van der Waals surface area contributed by atoms with E-state index in [1.165, 1.54) is 12.7 Å². The monoisotopic (exact) mass is 489 g/mol. The summed E-state index contributed by atoms with van der Waals surface area (Å²) in [6.45, 7) is 0.813. The van der Waals surface area contributed by atoms with Crippen molar-refractivity contribution >= 4 is 17.8 Å². The first-order valence-corrected chi connectivity index (χ1v) is 11.4. The molecule has 36 heavy (non-hydrogen) atoms. The number of nitrogens with zero attached hydrogens (tertiary/aromatic N) is 1. The molecule has 4 amide bonds. The Morgan fingerprint density at radius 3 is 2.39 bits per heavy atom. The maximum Gasteiger partial charge on any atom is 0.326 e. The lowest BCUT2D eigenvalue weighted by atomic mass is 10.1. The van der Waals surface area contributed by atoms with E-state index in [0.717, 1.165) is 22.6 Å². The maximum atomic E-state index is 12.9. The van der Waals surface area contributed by atoms with E-state index in [1.54, 1.807) is 18.2 Å². The lowest BCUT2D eigenvalue weighted by molar-refractivity contribution is -0.130. The Morgan fingerprint density at radius 1 is 1.00 bits per heavy atom. The van der Waals surface area contributed by atoms with Gasteiger partial charge in [0.1, 0.15) is 11.5 Å². The van der Waals surface area contributed by atoms with Crippen molar-refractivity contribution in [1.82, 2.24) is 15.5 Å². The molecule has 1 aliphatic heterocycles. The molecule has 3 aromatic carbocycles. The zero-order chi connectivity index (χ0) is 25.5.